The van der Waals surface area contributed by atoms with Crippen molar-refractivity contribution in [2.75, 3.05) is 0 Å². The summed E-state index contributed by atoms with van der Waals surface area (Å²) >= 11 is 0. The van der Waals surface area contributed by atoms with E-state index in [4.69, 9.17) is 8.83 Å². The number of nitrogens with one attached hydrogen (secondary N) is 2. The van der Waals surface area contributed by atoms with Crippen molar-refractivity contribution in [3.05, 3.63) is 108 Å². The Labute approximate surface area is 212 Å². The SMILES string of the molecule is O=C(N/N=C/c1ccco1)c1ccccc1O.O=C(N/N=C/c1ccco1)c1ccccc1O.[Zn]. The number of rotatable bonds is 6. The van der Waals surface area contributed by atoms with Crippen LogP contribution < -0.4 is 10.9 Å². The van der Waals surface area contributed by atoms with E-state index in [0.29, 0.717) is 11.5 Å². The van der Waals surface area contributed by atoms with E-state index < -0.39 is 11.8 Å². The van der Waals surface area contributed by atoms with Crippen LogP contribution in [-0.2, 0) is 19.5 Å². The summed E-state index contributed by atoms with van der Waals surface area (Å²) in [5.41, 5.74) is 4.92. The van der Waals surface area contributed by atoms with Gasteiger partial charge in [-0.15, -0.1) is 0 Å². The molecule has 10 nitrogen and oxygen atoms in total. The Morgan fingerprint density at radius 3 is 1.40 bits per heavy atom. The van der Waals surface area contributed by atoms with Gasteiger partial charge in [0.15, 0.2) is 0 Å². The average Bonchev–Trinajstić information content (AvgIpc) is 3.55. The van der Waals surface area contributed by atoms with Crippen LogP contribution in [0.3, 0.4) is 0 Å². The van der Waals surface area contributed by atoms with Gasteiger partial charge in [-0.1, -0.05) is 24.3 Å². The number of phenolic OH excluding ortho intramolecular Hbond substituents is 2. The molecule has 2 amide bonds. The van der Waals surface area contributed by atoms with Crippen molar-refractivity contribution in [2.24, 2.45) is 10.2 Å². The van der Waals surface area contributed by atoms with Crippen molar-refractivity contribution in [1.82, 2.24) is 10.9 Å². The van der Waals surface area contributed by atoms with Crippen molar-refractivity contribution in [1.29, 1.82) is 0 Å². The van der Waals surface area contributed by atoms with Gasteiger partial charge < -0.3 is 19.0 Å². The summed E-state index contributed by atoms with van der Waals surface area (Å²) in [7, 11) is 0. The van der Waals surface area contributed by atoms with E-state index in [0.717, 1.165) is 0 Å². The Morgan fingerprint density at radius 2 is 1.06 bits per heavy atom. The van der Waals surface area contributed by atoms with Gasteiger partial charge in [0.05, 0.1) is 36.1 Å². The van der Waals surface area contributed by atoms with E-state index in [1.165, 1.54) is 49.2 Å². The van der Waals surface area contributed by atoms with Crippen LogP contribution in [0, 0.1) is 0 Å². The molecule has 0 saturated heterocycles. The fourth-order valence-electron chi connectivity index (χ4n) is 2.49. The van der Waals surface area contributed by atoms with Crippen LogP contribution in [0.15, 0.2) is 104 Å². The van der Waals surface area contributed by atoms with Crippen molar-refractivity contribution in [2.45, 2.75) is 0 Å². The second-order valence-corrected chi connectivity index (χ2v) is 6.46. The molecular formula is C24H20N4O6Zn. The third-order valence-corrected chi connectivity index (χ3v) is 4.10. The first-order valence-corrected chi connectivity index (χ1v) is 9.84. The van der Waals surface area contributed by atoms with Gasteiger partial charge in [-0.05, 0) is 48.5 Å². The third kappa shape index (κ3) is 8.41. The quantitative estimate of drug-likeness (QED) is 0.172. The first-order chi connectivity index (χ1) is 16.5. The topological polar surface area (TPSA) is 150 Å². The van der Waals surface area contributed by atoms with E-state index >= 15 is 0 Å². The number of hydrogen-bond acceptors (Lipinski definition) is 8. The van der Waals surface area contributed by atoms with Crippen LogP contribution in [0.2, 0.25) is 0 Å². The largest absolute Gasteiger partial charge is 0.507 e. The molecule has 174 valence electrons. The zero-order valence-electron chi connectivity index (χ0n) is 18.4. The second kappa shape index (κ2) is 13.9. The van der Waals surface area contributed by atoms with E-state index in [1.54, 1.807) is 48.5 Å². The fraction of sp³-hybridized carbons (Fsp3) is 0. The standard InChI is InChI=1S/2C12H10N2O3.Zn/c2*15-11-6-2-1-5-10(11)12(16)14-13-8-9-4-3-7-17-9;/h2*1-8,15H,(H,14,16);/b2*13-8+;. The predicted molar refractivity (Wildman–Crippen MR) is 124 cm³/mol. The van der Waals surface area contributed by atoms with Crippen molar-refractivity contribution >= 4 is 24.2 Å². The zero-order chi connectivity index (χ0) is 24.2. The number of amides is 2. The van der Waals surface area contributed by atoms with Crippen LogP contribution in [0.25, 0.3) is 0 Å². The Balaban J connectivity index is 0.000000240. The second-order valence-electron chi connectivity index (χ2n) is 6.46. The predicted octanol–water partition coefficient (Wildman–Crippen LogP) is 3.50. The number of aromatic hydroxyl groups is 2. The van der Waals surface area contributed by atoms with Gasteiger partial charge in [0, 0.05) is 19.5 Å². The van der Waals surface area contributed by atoms with E-state index in [-0.39, 0.29) is 42.1 Å². The molecule has 0 unspecified atom stereocenters. The minimum Gasteiger partial charge on any atom is -0.507 e. The average molecular weight is 526 g/mol. The first-order valence-electron chi connectivity index (χ1n) is 9.84. The molecule has 0 fully saturated rings. The number of carbonyl (C=O) groups is 2. The summed E-state index contributed by atoms with van der Waals surface area (Å²) in [6, 6.07) is 19.3. The van der Waals surface area contributed by atoms with Crippen LogP contribution >= 0.6 is 0 Å². The summed E-state index contributed by atoms with van der Waals surface area (Å²) in [5.74, 6) is -0.0709. The van der Waals surface area contributed by atoms with Gasteiger partial charge in [0.2, 0.25) is 0 Å². The Morgan fingerprint density at radius 1 is 0.657 bits per heavy atom. The van der Waals surface area contributed by atoms with Crippen molar-refractivity contribution < 1.29 is 48.1 Å². The molecule has 35 heavy (non-hydrogen) atoms. The molecule has 2 aromatic heterocycles. The molecule has 0 atom stereocenters. The van der Waals surface area contributed by atoms with Gasteiger partial charge in [0.25, 0.3) is 11.8 Å². The number of hydrazone groups is 2. The smallest absolute Gasteiger partial charge is 0.275 e. The summed E-state index contributed by atoms with van der Waals surface area (Å²) in [5, 5.41) is 26.3. The van der Waals surface area contributed by atoms with E-state index in [2.05, 4.69) is 21.1 Å². The number of para-hydroxylation sites is 2. The Hall–Kier alpha value is -4.50. The molecule has 2 aromatic carbocycles. The molecule has 0 aliphatic heterocycles. The molecule has 11 heteroatoms. The molecular weight excluding hydrogens is 506 g/mol. The molecule has 4 aromatic rings. The van der Waals surface area contributed by atoms with Gasteiger partial charge >= 0.3 is 0 Å². The molecule has 4 rings (SSSR count). The zero-order valence-corrected chi connectivity index (χ0v) is 21.3. The monoisotopic (exact) mass is 524 g/mol. The molecule has 2 heterocycles. The summed E-state index contributed by atoms with van der Waals surface area (Å²) < 4.78 is 9.99. The first kappa shape index (κ1) is 26.8. The van der Waals surface area contributed by atoms with Crippen LogP contribution in [0.4, 0.5) is 0 Å². The third-order valence-electron chi connectivity index (χ3n) is 4.10. The number of hydrogen-bond donors (Lipinski definition) is 4. The molecule has 0 bridgehead atoms. The number of carbonyl (C=O) groups excluding carboxylic acids is 2. The van der Waals surface area contributed by atoms with Crippen molar-refractivity contribution in [3.8, 4) is 11.5 Å². The minimum absolute atomic E-state index is 0. The van der Waals surface area contributed by atoms with Crippen LogP contribution in [0.1, 0.15) is 32.2 Å². The van der Waals surface area contributed by atoms with Crippen molar-refractivity contribution in [3.63, 3.8) is 0 Å². The van der Waals surface area contributed by atoms with Crippen LogP contribution in [-0.4, -0.2) is 34.5 Å². The number of phenols is 2. The maximum absolute atomic E-state index is 11.6. The maximum Gasteiger partial charge on any atom is 0.275 e. The van der Waals surface area contributed by atoms with Gasteiger partial charge in [-0.2, -0.15) is 10.2 Å². The van der Waals surface area contributed by atoms with Gasteiger partial charge in [-0.25, -0.2) is 10.9 Å². The molecule has 0 aliphatic carbocycles. The minimum atomic E-state index is -0.481. The summed E-state index contributed by atoms with van der Waals surface area (Å²) in [4.78, 5) is 23.2. The molecule has 0 radical (unpaired) electrons. The fourth-order valence-corrected chi connectivity index (χ4v) is 2.49. The molecule has 0 saturated carbocycles. The summed E-state index contributed by atoms with van der Waals surface area (Å²) in [6.45, 7) is 0. The number of benzene rings is 2. The van der Waals surface area contributed by atoms with E-state index in [1.807, 2.05) is 0 Å². The van der Waals surface area contributed by atoms with Crippen LogP contribution in [0.5, 0.6) is 11.5 Å². The van der Waals surface area contributed by atoms with Gasteiger partial charge in [0.1, 0.15) is 23.0 Å². The molecule has 4 N–H and O–H groups in total. The maximum atomic E-state index is 11.6. The Kier molecular flexibility index (Phi) is 10.6. The summed E-state index contributed by atoms with van der Waals surface area (Å²) in [6.07, 6.45) is 5.76. The number of furan rings is 2. The molecule has 0 spiro atoms. The normalized spacial score (nSPS) is 10.3. The molecule has 0 aliphatic rings. The van der Waals surface area contributed by atoms with Gasteiger partial charge in [-0.3, -0.25) is 9.59 Å². The van der Waals surface area contributed by atoms with E-state index in [9.17, 15) is 19.8 Å². The Bertz CT molecular complexity index is 1170. The number of nitrogens with zero attached hydrogens (tertiary/aromatic N) is 2.